The van der Waals surface area contributed by atoms with Crippen molar-refractivity contribution in [2.45, 2.75) is 91.0 Å². The molecule has 1 aromatic carbocycles. The number of nitrogens with zero attached hydrogens (tertiary/aromatic N) is 2. The van der Waals surface area contributed by atoms with Crippen LogP contribution in [0.25, 0.3) is 0 Å². The molecule has 1 saturated carbocycles. The molecule has 0 atom stereocenters. The molecule has 202 valence electrons. The number of hydrogen-bond acceptors (Lipinski definition) is 6. The largest absolute Gasteiger partial charge is 0.459 e. The number of alkyl halides is 3. The summed E-state index contributed by atoms with van der Waals surface area (Å²) in [5, 5.41) is 1.61. The first kappa shape index (κ1) is 28.4. The van der Waals surface area contributed by atoms with Gasteiger partial charge in [0.1, 0.15) is 5.60 Å². The predicted octanol–water partition coefficient (Wildman–Crippen LogP) is 5.48. The Hall–Kier alpha value is -2.13. The van der Waals surface area contributed by atoms with Gasteiger partial charge in [-0.15, -0.1) is 5.06 Å². The average Bonchev–Trinajstić information content (AvgIpc) is 3.24. The zero-order chi connectivity index (χ0) is 26.9. The van der Waals surface area contributed by atoms with Gasteiger partial charge in [-0.2, -0.15) is 13.2 Å². The smallest absolute Gasteiger partial charge is 0.416 e. The molecule has 1 aliphatic carbocycles. The first-order valence-electron chi connectivity index (χ1n) is 12.6. The number of esters is 1. The summed E-state index contributed by atoms with van der Waals surface area (Å²) in [5.41, 5.74) is -2.26. The third-order valence-electron chi connectivity index (χ3n) is 6.68. The fourth-order valence-electron chi connectivity index (χ4n) is 4.68. The zero-order valence-corrected chi connectivity index (χ0v) is 22.3. The van der Waals surface area contributed by atoms with Gasteiger partial charge in [0.25, 0.3) is 0 Å². The quantitative estimate of drug-likeness (QED) is 0.487. The first-order chi connectivity index (χ1) is 16.5. The van der Waals surface area contributed by atoms with E-state index in [1.54, 1.807) is 52.7 Å². The van der Waals surface area contributed by atoms with Gasteiger partial charge in [0, 0.05) is 32.7 Å². The Kier molecular flexibility index (Phi) is 8.16. The Bertz CT molecular complexity index is 949. The molecule has 0 bridgehead atoms. The van der Waals surface area contributed by atoms with Crippen molar-refractivity contribution in [3.63, 3.8) is 0 Å². The van der Waals surface area contributed by atoms with Gasteiger partial charge in [0.15, 0.2) is 0 Å². The van der Waals surface area contributed by atoms with Crippen LogP contribution in [0.15, 0.2) is 18.2 Å². The molecule has 0 aromatic heterocycles. The molecule has 9 heteroatoms. The van der Waals surface area contributed by atoms with Crippen molar-refractivity contribution in [2.24, 2.45) is 5.41 Å². The third-order valence-corrected chi connectivity index (χ3v) is 6.68. The topological polar surface area (TPSA) is 59.1 Å². The van der Waals surface area contributed by atoms with Crippen LogP contribution in [-0.4, -0.2) is 53.7 Å². The summed E-state index contributed by atoms with van der Waals surface area (Å²) >= 11 is 0. The normalized spacial score (nSPS) is 19.8. The Labute approximate surface area is 212 Å². The number of hydroxylamine groups is 2. The zero-order valence-electron chi connectivity index (χ0n) is 22.3. The van der Waals surface area contributed by atoms with Gasteiger partial charge >= 0.3 is 18.1 Å². The number of rotatable bonds is 5. The van der Waals surface area contributed by atoms with Gasteiger partial charge in [-0.3, -0.25) is 9.69 Å². The van der Waals surface area contributed by atoms with Crippen molar-refractivity contribution in [2.75, 3.05) is 26.2 Å². The molecule has 0 spiro atoms. The monoisotopic (exact) mass is 512 g/mol. The summed E-state index contributed by atoms with van der Waals surface area (Å²) in [6.45, 7) is 13.0. The lowest BCUT2D eigenvalue weighted by Crippen LogP contribution is -2.47. The van der Waals surface area contributed by atoms with Crippen LogP contribution >= 0.6 is 0 Å². The lowest BCUT2D eigenvalue weighted by Gasteiger charge is -2.35. The summed E-state index contributed by atoms with van der Waals surface area (Å²) in [6, 6.07) is 4.05. The van der Waals surface area contributed by atoms with E-state index in [9.17, 15) is 22.8 Å². The van der Waals surface area contributed by atoms with Crippen molar-refractivity contribution in [1.29, 1.82) is 0 Å². The van der Waals surface area contributed by atoms with E-state index in [4.69, 9.17) is 9.57 Å². The molecule has 0 amide bonds. The molecule has 0 unspecified atom stereocenters. The first-order valence-corrected chi connectivity index (χ1v) is 12.6. The van der Waals surface area contributed by atoms with Gasteiger partial charge in [-0.1, -0.05) is 18.9 Å². The molecular weight excluding hydrogens is 473 g/mol. The highest BCUT2D eigenvalue weighted by Gasteiger charge is 2.46. The molecule has 1 heterocycles. The van der Waals surface area contributed by atoms with Gasteiger partial charge < -0.3 is 9.57 Å². The van der Waals surface area contributed by atoms with Gasteiger partial charge in [-0.05, 0) is 77.6 Å². The molecule has 0 N–H and O–H groups in total. The van der Waals surface area contributed by atoms with Crippen LogP contribution in [0.1, 0.15) is 83.9 Å². The fourth-order valence-corrected chi connectivity index (χ4v) is 4.68. The maximum Gasteiger partial charge on any atom is 0.416 e. The van der Waals surface area contributed by atoms with E-state index in [2.05, 4.69) is 0 Å². The summed E-state index contributed by atoms with van der Waals surface area (Å²) in [4.78, 5) is 32.9. The van der Waals surface area contributed by atoms with Gasteiger partial charge in [0.2, 0.25) is 0 Å². The number of piperazine rings is 1. The van der Waals surface area contributed by atoms with E-state index in [0.717, 1.165) is 18.9 Å². The fraction of sp³-hybridized carbons (Fsp3) is 0.704. The highest BCUT2D eigenvalue weighted by Crippen LogP contribution is 2.45. The van der Waals surface area contributed by atoms with Crippen molar-refractivity contribution >= 4 is 11.9 Å². The maximum absolute atomic E-state index is 13.9. The highest BCUT2D eigenvalue weighted by atomic mass is 19.4. The van der Waals surface area contributed by atoms with Crippen LogP contribution in [0.3, 0.4) is 0 Å². The van der Waals surface area contributed by atoms with E-state index >= 15 is 0 Å². The number of halogens is 3. The minimum absolute atomic E-state index is 0.308. The number of ether oxygens (including phenoxy) is 1. The van der Waals surface area contributed by atoms with E-state index < -0.39 is 34.1 Å². The molecule has 6 nitrogen and oxygen atoms in total. The van der Waals surface area contributed by atoms with E-state index in [-0.39, 0.29) is 5.97 Å². The molecule has 2 aliphatic rings. The number of hydrogen-bond donors (Lipinski definition) is 0. The Morgan fingerprint density at radius 2 is 1.50 bits per heavy atom. The molecule has 0 radical (unpaired) electrons. The van der Waals surface area contributed by atoms with E-state index in [1.807, 2.05) is 4.90 Å². The second-order valence-corrected chi connectivity index (χ2v) is 12.0. The molecule has 1 aromatic rings. The SMILES string of the molecule is CC(C)(C)OC(=O)C1(c2cc(CN3CCN(OC(=O)C(C)(C)C)CC3)cc(C(F)(F)F)c2)CCCC1. The summed E-state index contributed by atoms with van der Waals surface area (Å²) in [5.74, 6) is -0.769. The van der Waals surface area contributed by atoms with Crippen LogP contribution in [-0.2, 0) is 37.3 Å². The van der Waals surface area contributed by atoms with Crippen molar-refractivity contribution in [3.8, 4) is 0 Å². The second-order valence-electron chi connectivity index (χ2n) is 12.0. The molecular formula is C27H39F3N2O4. The van der Waals surface area contributed by atoms with E-state index in [0.29, 0.717) is 56.7 Å². The minimum Gasteiger partial charge on any atom is -0.459 e. The van der Waals surface area contributed by atoms with Gasteiger partial charge in [0.05, 0.1) is 16.4 Å². The molecule has 2 fully saturated rings. The molecule has 1 aliphatic heterocycles. The van der Waals surface area contributed by atoms with Crippen molar-refractivity contribution in [1.82, 2.24) is 9.96 Å². The number of carbonyl (C=O) groups is 2. The summed E-state index contributed by atoms with van der Waals surface area (Å²) in [7, 11) is 0. The standard InChI is InChI=1S/C27H39F3N2O4/c1-24(2,3)22(33)36-32-13-11-31(12-14-32)18-19-15-20(17-21(16-19)27(28,29)30)26(9-7-8-10-26)23(34)35-25(4,5)6/h15-17H,7-14,18H2,1-6H3. The Morgan fingerprint density at radius 1 is 0.917 bits per heavy atom. The minimum atomic E-state index is -4.53. The second kappa shape index (κ2) is 10.3. The Balaban J connectivity index is 1.82. The highest BCUT2D eigenvalue weighted by molar-refractivity contribution is 5.84. The van der Waals surface area contributed by atoms with Crippen LogP contribution < -0.4 is 0 Å². The third kappa shape index (κ3) is 7.00. The lowest BCUT2D eigenvalue weighted by molar-refractivity contribution is -0.207. The van der Waals surface area contributed by atoms with E-state index in [1.165, 1.54) is 6.07 Å². The van der Waals surface area contributed by atoms with Crippen molar-refractivity contribution < 1.29 is 32.3 Å². The Morgan fingerprint density at radius 3 is 2.00 bits per heavy atom. The summed E-state index contributed by atoms with van der Waals surface area (Å²) in [6.07, 6.45) is -2.06. The van der Waals surface area contributed by atoms with Crippen LogP contribution in [0.5, 0.6) is 0 Å². The number of benzene rings is 1. The molecule has 3 rings (SSSR count). The number of carbonyl (C=O) groups excluding carboxylic acids is 2. The van der Waals surface area contributed by atoms with Crippen LogP contribution in [0, 0.1) is 5.41 Å². The van der Waals surface area contributed by atoms with Gasteiger partial charge in [-0.25, -0.2) is 4.79 Å². The van der Waals surface area contributed by atoms with Crippen LogP contribution in [0.2, 0.25) is 0 Å². The van der Waals surface area contributed by atoms with Crippen molar-refractivity contribution in [3.05, 3.63) is 34.9 Å². The maximum atomic E-state index is 13.9. The van der Waals surface area contributed by atoms with Crippen LogP contribution in [0.4, 0.5) is 13.2 Å². The molecule has 1 saturated heterocycles. The summed E-state index contributed by atoms with van der Waals surface area (Å²) < 4.78 is 47.4. The molecule has 36 heavy (non-hydrogen) atoms. The predicted molar refractivity (Wildman–Crippen MR) is 130 cm³/mol. The lowest BCUT2D eigenvalue weighted by atomic mass is 9.77. The average molecular weight is 513 g/mol.